The molecule has 244 valence electrons. The Balaban J connectivity index is 1.94. The predicted octanol–water partition coefficient (Wildman–Crippen LogP) is 5.75. The molecule has 0 aromatic carbocycles. The number of esters is 2. The highest BCUT2D eigenvalue weighted by atomic mass is 16.6. The van der Waals surface area contributed by atoms with Crippen molar-refractivity contribution in [3.63, 3.8) is 0 Å². The van der Waals surface area contributed by atoms with E-state index in [1.54, 1.807) is 19.1 Å². The number of hydrogen-bond donors (Lipinski definition) is 3. The number of hydrogen-bond acceptors (Lipinski definition) is 8. The summed E-state index contributed by atoms with van der Waals surface area (Å²) in [5.41, 5.74) is -5.46. The van der Waals surface area contributed by atoms with Crippen LogP contribution in [0.3, 0.4) is 0 Å². The zero-order valence-electron chi connectivity index (χ0n) is 27.5. The van der Waals surface area contributed by atoms with Gasteiger partial charge in [0.2, 0.25) is 0 Å². The van der Waals surface area contributed by atoms with E-state index in [4.69, 9.17) is 9.47 Å². The molecule has 2 bridgehead atoms. The van der Waals surface area contributed by atoms with E-state index >= 15 is 0 Å². The molecule has 0 saturated heterocycles. The van der Waals surface area contributed by atoms with Crippen molar-refractivity contribution >= 4 is 17.7 Å². The van der Waals surface area contributed by atoms with Crippen molar-refractivity contribution < 1.29 is 39.2 Å². The maximum absolute atomic E-state index is 14.7. The predicted molar refractivity (Wildman–Crippen MR) is 165 cm³/mol. The Bertz CT molecular complexity index is 1090. The Hall–Kier alpha value is -2.03. The third-order valence-electron chi connectivity index (χ3n) is 10.8. The second-order valence-electron chi connectivity index (χ2n) is 14.1. The number of carbonyl (C=O) groups is 3. The highest BCUT2D eigenvalue weighted by molar-refractivity contribution is 5.95. The number of aliphatic hydroxyl groups excluding tert-OH is 2. The molecule has 0 aromatic rings. The molecule has 43 heavy (non-hydrogen) atoms. The van der Waals surface area contributed by atoms with Crippen LogP contribution in [-0.4, -0.2) is 63.1 Å². The largest absolute Gasteiger partial charge is 0.461 e. The maximum Gasteiger partial charge on any atom is 0.306 e. The smallest absolute Gasteiger partial charge is 0.306 e. The van der Waals surface area contributed by atoms with E-state index in [0.29, 0.717) is 12.0 Å². The first-order valence-electron chi connectivity index (χ1n) is 16.5. The van der Waals surface area contributed by atoms with Gasteiger partial charge in [0.25, 0.3) is 0 Å². The minimum absolute atomic E-state index is 0.157. The van der Waals surface area contributed by atoms with Gasteiger partial charge in [-0.15, -0.1) is 0 Å². The summed E-state index contributed by atoms with van der Waals surface area (Å²) in [6, 6.07) is 0. The SMILES string of the molecule is CCCCCCCCCCC(=O)O[C@]1(C)C[C@@H](C)C23C=C(C)C(O)C2(O)C(O)C(COC(=O)CCC)=CC(C3=O)C1(C)C. The van der Waals surface area contributed by atoms with Crippen LogP contribution in [-0.2, 0) is 23.9 Å². The van der Waals surface area contributed by atoms with E-state index in [9.17, 15) is 29.7 Å². The molecule has 1 saturated carbocycles. The maximum atomic E-state index is 14.7. The Labute approximate surface area is 258 Å². The van der Waals surface area contributed by atoms with Crippen LogP contribution in [0.25, 0.3) is 0 Å². The van der Waals surface area contributed by atoms with Crippen molar-refractivity contribution in [2.24, 2.45) is 22.7 Å². The second kappa shape index (κ2) is 13.9. The molecule has 1 spiro atoms. The summed E-state index contributed by atoms with van der Waals surface area (Å²) in [6.07, 6.45) is 10.2. The minimum atomic E-state index is -2.28. The average molecular weight is 605 g/mol. The number of ether oxygens (including phenoxy) is 2. The van der Waals surface area contributed by atoms with Gasteiger partial charge in [-0.1, -0.05) is 91.7 Å². The van der Waals surface area contributed by atoms with Gasteiger partial charge < -0.3 is 24.8 Å². The van der Waals surface area contributed by atoms with Crippen LogP contribution in [0, 0.1) is 22.7 Å². The lowest BCUT2D eigenvalue weighted by atomic mass is 9.59. The molecular formula is C35H56O8. The summed E-state index contributed by atoms with van der Waals surface area (Å²) >= 11 is 0. The highest BCUT2D eigenvalue weighted by Crippen LogP contribution is 2.63. The molecule has 3 aliphatic carbocycles. The molecule has 0 radical (unpaired) electrons. The van der Waals surface area contributed by atoms with Crippen LogP contribution in [0.1, 0.15) is 126 Å². The Morgan fingerprint density at radius 3 is 2.12 bits per heavy atom. The molecule has 0 amide bonds. The van der Waals surface area contributed by atoms with Crippen LogP contribution in [0.15, 0.2) is 23.3 Å². The number of Topliss-reactive ketones (excluding diaryl/α,β-unsaturated/α-hetero) is 1. The van der Waals surface area contributed by atoms with Gasteiger partial charge >= 0.3 is 11.9 Å². The van der Waals surface area contributed by atoms with Crippen molar-refractivity contribution in [1.82, 2.24) is 0 Å². The number of allylic oxidation sites excluding steroid dienone is 1. The van der Waals surface area contributed by atoms with Crippen LogP contribution in [0.2, 0.25) is 0 Å². The normalized spacial score (nSPS) is 34.9. The van der Waals surface area contributed by atoms with Gasteiger partial charge in [-0.25, -0.2) is 0 Å². The highest BCUT2D eigenvalue weighted by Gasteiger charge is 2.73. The molecule has 0 aliphatic heterocycles. The average Bonchev–Trinajstić information content (AvgIpc) is 3.09. The molecule has 5 unspecified atom stereocenters. The van der Waals surface area contributed by atoms with E-state index in [1.165, 1.54) is 32.1 Å². The van der Waals surface area contributed by atoms with Crippen LogP contribution in [0.5, 0.6) is 0 Å². The molecule has 8 heteroatoms. The number of rotatable bonds is 14. The number of unbranched alkanes of at least 4 members (excludes halogenated alkanes) is 7. The molecule has 1 fully saturated rings. The molecular weight excluding hydrogens is 548 g/mol. The summed E-state index contributed by atoms with van der Waals surface area (Å²) in [5.74, 6) is -2.63. The Morgan fingerprint density at radius 2 is 1.51 bits per heavy atom. The first-order valence-corrected chi connectivity index (χ1v) is 16.5. The summed E-state index contributed by atoms with van der Waals surface area (Å²) in [7, 11) is 0. The third-order valence-corrected chi connectivity index (χ3v) is 10.8. The molecule has 3 N–H and O–H groups in total. The van der Waals surface area contributed by atoms with Gasteiger partial charge in [0.15, 0.2) is 5.78 Å². The lowest BCUT2D eigenvalue weighted by Crippen LogP contribution is -2.65. The number of fused-ring (bicyclic) bond motifs is 1. The van der Waals surface area contributed by atoms with Gasteiger partial charge in [-0.2, -0.15) is 0 Å². The summed E-state index contributed by atoms with van der Waals surface area (Å²) in [6.45, 7) is 12.8. The first-order chi connectivity index (χ1) is 20.1. The molecule has 0 heterocycles. The zero-order chi connectivity index (χ0) is 32.2. The minimum Gasteiger partial charge on any atom is -0.461 e. The summed E-state index contributed by atoms with van der Waals surface area (Å²) < 4.78 is 11.7. The fourth-order valence-corrected chi connectivity index (χ4v) is 7.79. The number of aliphatic hydroxyl groups is 3. The lowest BCUT2D eigenvalue weighted by molar-refractivity contribution is -0.192. The van der Waals surface area contributed by atoms with Crippen LogP contribution >= 0.6 is 0 Å². The van der Waals surface area contributed by atoms with Crippen molar-refractivity contribution in [2.75, 3.05) is 6.61 Å². The van der Waals surface area contributed by atoms with Crippen molar-refractivity contribution in [2.45, 2.75) is 149 Å². The van der Waals surface area contributed by atoms with Gasteiger partial charge in [0, 0.05) is 24.2 Å². The Morgan fingerprint density at radius 1 is 0.907 bits per heavy atom. The van der Waals surface area contributed by atoms with Crippen molar-refractivity contribution in [1.29, 1.82) is 0 Å². The zero-order valence-corrected chi connectivity index (χ0v) is 27.5. The molecule has 0 aromatic heterocycles. The molecule has 3 rings (SSSR count). The molecule has 7 atom stereocenters. The molecule has 3 aliphatic rings. The van der Waals surface area contributed by atoms with E-state index in [2.05, 4.69) is 6.92 Å². The van der Waals surface area contributed by atoms with Gasteiger partial charge in [-0.05, 0) is 50.2 Å². The first kappa shape index (κ1) is 35.4. The fraction of sp³-hybridized carbons (Fsp3) is 0.800. The summed E-state index contributed by atoms with van der Waals surface area (Å²) in [5, 5.41) is 35.3. The molecule has 8 nitrogen and oxygen atoms in total. The lowest BCUT2D eigenvalue weighted by Gasteiger charge is -2.48. The van der Waals surface area contributed by atoms with Crippen LogP contribution < -0.4 is 0 Å². The second-order valence-corrected chi connectivity index (χ2v) is 14.1. The quantitative estimate of drug-likeness (QED) is 0.130. The monoisotopic (exact) mass is 604 g/mol. The van der Waals surface area contributed by atoms with E-state index in [-0.39, 0.29) is 43.2 Å². The van der Waals surface area contributed by atoms with Gasteiger partial charge in [0.05, 0.1) is 5.41 Å². The topological polar surface area (TPSA) is 130 Å². The number of ketones is 1. The number of carbonyl (C=O) groups excluding carboxylic acids is 3. The Kier molecular flexibility index (Phi) is 11.5. The van der Waals surface area contributed by atoms with E-state index in [1.807, 2.05) is 34.6 Å². The third kappa shape index (κ3) is 6.39. The van der Waals surface area contributed by atoms with Crippen molar-refractivity contribution in [3.05, 3.63) is 23.3 Å². The van der Waals surface area contributed by atoms with E-state index < -0.39 is 52.0 Å². The standard InChI is InChI=1S/C35H56O8/c1-8-10-11-12-13-14-15-16-18-28(37)43-33(7)21-24(4)34-20-23(3)29(38)35(34,41)30(39)25(22-42-27(36)17-9-2)19-26(31(34)40)32(33,5)6/h19-20,24,26,29-30,38-39,41H,8-18,21-22H2,1-7H3/t24-,26?,29?,30?,33-,34?,35?/m1/s1. The summed E-state index contributed by atoms with van der Waals surface area (Å²) in [4.78, 5) is 40.2. The van der Waals surface area contributed by atoms with Gasteiger partial charge in [-0.3, -0.25) is 14.4 Å². The van der Waals surface area contributed by atoms with Crippen LogP contribution in [0.4, 0.5) is 0 Å². The van der Waals surface area contributed by atoms with E-state index in [0.717, 1.165) is 19.3 Å². The van der Waals surface area contributed by atoms with Crippen molar-refractivity contribution in [3.8, 4) is 0 Å². The van der Waals surface area contributed by atoms with Gasteiger partial charge in [0.1, 0.15) is 30.0 Å². The fourth-order valence-electron chi connectivity index (χ4n) is 7.79.